The Balaban J connectivity index is 1.99. The molecule has 0 saturated carbocycles. The fraction of sp³-hybridized carbons (Fsp3) is 0.500. The smallest absolute Gasteiger partial charge is 0.119 e. The number of aliphatic hydroxyl groups is 2. The van der Waals surface area contributed by atoms with Gasteiger partial charge >= 0.3 is 0 Å². The minimum Gasteiger partial charge on any atom is -0.491 e. The number of ether oxygens (including phenoxy) is 2. The van der Waals surface area contributed by atoms with E-state index < -0.39 is 12.2 Å². The molecule has 2 atom stereocenters. The molecule has 0 spiro atoms. The average molecular weight is 402 g/mol. The molecule has 5 nitrogen and oxygen atoms in total. The predicted octanol–water partition coefficient (Wildman–Crippen LogP) is 3.46. The number of hydrogen-bond acceptors (Lipinski definition) is 5. The first-order valence-corrected chi connectivity index (χ1v) is 10.2. The fourth-order valence-corrected chi connectivity index (χ4v) is 3.08. The average Bonchev–Trinajstić information content (AvgIpc) is 2.70. The summed E-state index contributed by atoms with van der Waals surface area (Å²) in [4.78, 5) is 1.93. The lowest BCUT2D eigenvalue weighted by molar-refractivity contribution is 0.0831. The monoisotopic (exact) mass is 401 g/mol. The van der Waals surface area contributed by atoms with Crippen LogP contribution in [0.3, 0.4) is 0 Å². The van der Waals surface area contributed by atoms with E-state index >= 15 is 0 Å². The second-order valence-corrected chi connectivity index (χ2v) is 8.27. The molecule has 5 heteroatoms. The molecule has 2 N–H and O–H groups in total. The fourth-order valence-electron chi connectivity index (χ4n) is 3.08. The molecular weight excluding hydrogens is 366 g/mol. The molecule has 0 heterocycles. The van der Waals surface area contributed by atoms with E-state index in [1.165, 1.54) is 11.1 Å². The summed E-state index contributed by atoms with van der Waals surface area (Å²) in [5.41, 5.74) is 2.18. The molecule has 0 aliphatic rings. The van der Waals surface area contributed by atoms with E-state index in [0.717, 1.165) is 11.5 Å². The van der Waals surface area contributed by atoms with Crippen molar-refractivity contribution in [1.82, 2.24) is 4.90 Å². The van der Waals surface area contributed by atoms with Gasteiger partial charge in [0.1, 0.15) is 30.8 Å². The van der Waals surface area contributed by atoms with Crippen molar-refractivity contribution in [2.24, 2.45) is 0 Å². The van der Waals surface area contributed by atoms with Gasteiger partial charge in [0.05, 0.1) is 6.10 Å². The molecule has 0 fully saturated rings. The van der Waals surface area contributed by atoms with E-state index in [1.807, 2.05) is 50.2 Å². The van der Waals surface area contributed by atoms with Crippen LogP contribution in [0.25, 0.3) is 0 Å². The Labute approximate surface area is 174 Å². The van der Waals surface area contributed by atoms with Crippen molar-refractivity contribution >= 4 is 0 Å². The van der Waals surface area contributed by atoms with Crippen molar-refractivity contribution in [2.45, 2.75) is 44.8 Å². The Kier molecular flexibility index (Phi) is 8.50. The summed E-state index contributed by atoms with van der Waals surface area (Å²) in [6.07, 6.45) is -0.268. The molecule has 0 aliphatic heterocycles. The number of hydrogen-bond donors (Lipinski definition) is 2. The van der Waals surface area contributed by atoms with E-state index in [-0.39, 0.29) is 12.0 Å². The third kappa shape index (κ3) is 7.03. The Bertz CT molecular complexity index is 726. The van der Waals surface area contributed by atoms with E-state index in [9.17, 15) is 10.2 Å². The Morgan fingerprint density at radius 3 is 1.59 bits per heavy atom. The molecule has 0 amide bonds. The quantitative estimate of drug-likeness (QED) is 0.604. The highest BCUT2D eigenvalue weighted by atomic mass is 16.5. The number of nitrogens with zero attached hydrogens (tertiary/aromatic N) is 1. The van der Waals surface area contributed by atoms with Crippen LogP contribution in [0.15, 0.2) is 48.5 Å². The molecule has 160 valence electrons. The third-order valence-corrected chi connectivity index (χ3v) is 5.08. The maximum absolute atomic E-state index is 9.93. The van der Waals surface area contributed by atoms with Gasteiger partial charge in [0.25, 0.3) is 0 Å². The van der Waals surface area contributed by atoms with Crippen LogP contribution in [-0.4, -0.2) is 61.2 Å². The van der Waals surface area contributed by atoms with Gasteiger partial charge in [0.2, 0.25) is 0 Å². The van der Waals surface area contributed by atoms with Gasteiger partial charge in [-0.1, -0.05) is 45.0 Å². The van der Waals surface area contributed by atoms with Gasteiger partial charge in [0.15, 0.2) is 0 Å². The number of likely N-dealkylation sites (N-methyl/N-ethyl adjacent to an activating group) is 1. The van der Waals surface area contributed by atoms with Crippen molar-refractivity contribution in [3.8, 4) is 11.5 Å². The first-order valence-electron chi connectivity index (χ1n) is 10.2. The Morgan fingerprint density at radius 2 is 1.21 bits per heavy atom. The summed E-state index contributed by atoms with van der Waals surface area (Å²) in [5.74, 6) is 1.51. The molecular formula is C24H35NO4. The van der Waals surface area contributed by atoms with Crippen LogP contribution in [0, 0.1) is 0 Å². The van der Waals surface area contributed by atoms with Crippen LogP contribution in [0.2, 0.25) is 0 Å². The molecule has 29 heavy (non-hydrogen) atoms. The summed E-state index contributed by atoms with van der Waals surface area (Å²) < 4.78 is 11.3. The molecule has 0 saturated heterocycles. The second-order valence-electron chi connectivity index (χ2n) is 8.27. The summed E-state index contributed by atoms with van der Waals surface area (Å²) >= 11 is 0. The lowest BCUT2D eigenvalue weighted by Crippen LogP contribution is -2.30. The number of benzene rings is 2. The van der Waals surface area contributed by atoms with Gasteiger partial charge in [-0.2, -0.15) is 0 Å². The zero-order chi connectivity index (χ0) is 21.4. The van der Waals surface area contributed by atoms with Crippen molar-refractivity contribution in [3.63, 3.8) is 0 Å². The predicted molar refractivity (Wildman–Crippen MR) is 117 cm³/mol. The van der Waals surface area contributed by atoms with Crippen molar-refractivity contribution in [1.29, 1.82) is 0 Å². The minimum absolute atomic E-state index is 0.176. The molecule has 0 aliphatic carbocycles. The molecule has 2 aromatic rings. The highest BCUT2D eigenvalue weighted by molar-refractivity contribution is 5.41. The van der Waals surface area contributed by atoms with Gasteiger partial charge in [-0.05, 0) is 55.9 Å². The lowest BCUT2D eigenvalue weighted by Gasteiger charge is -2.26. The summed E-state index contributed by atoms with van der Waals surface area (Å²) in [6, 6.07) is 16.1. The number of aliphatic hydroxyl groups excluding tert-OH is 2. The van der Waals surface area contributed by atoms with Gasteiger partial charge in [0, 0.05) is 12.0 Å². The van der Waals surface area contributed by atoms with Crippen LogP contribution in [0.5, 0.6) is 11.5 Å². The molecule has 0 aromatic heterocycles. The summed E-state index contributed by atoms with van der Waals surface area (Å²) in [7, 11) is 3.85. The van der Waals surface area contributed by atoms with Gasteiger partial charge in [-0.25, -0.2) is 0 Å². The summed E-state index contributed by atoms with van der Waals surface area (Å²) in [6.45, 7) is 7.45. The van der Waals surface area contributed by atoms with Crippen molar-refractivity contribution < 1.29 is 19.7 Å². The van der Waals surface area contributed by atoms with E-state index in [4.69, 9.17) is 9.47 Å². The largest absolute Gasteiger partial charge is 0.491 e. The molecule has 2 unspecified atom stereocenters. The van der Waals surface area contributed by atoms with E-state index in [2.05, 4.69) is 38.1 Å². The van der Waals surface area contributed by atoms with Crippen LogP contribution in [0.4, 0.5) is 0 Å². The van der Waals surface area contributed by atoms with Gasteiger partial charge < -0.3 is 24.6 Å². The first-order chi connectivity index (χ1) is 13.7. The molecule has 2 rings (SSSR count). The highest BCUT2D eigenvalue weighted by Gasteiger charge is 2.23. The van der Waals surface area contributed by atoms with E-state index in [0.29, 0.717) is 19.6 Å². The van der Waals surface area contributed by atoms with Crippen LogP contribution in [0.1, 0.15) is 38.3 Å². The van der Waals surface area contributed by atoms with Crippen molar-refractivity contribution in [2.75, 3.05) is 33.9 Å². The lowest BCUT2D eigenvalue weighted by atomic mass is 9.78. The Hall–Kier alpha value is -2.08. The Morgan fingerprint density at radius 1 is 0.793 bits per heavy atom. The van der Waals surface area contributed by atoms with Crippen LogP contribution >= 0.6 is 0 Å². The standard InChI is InChI=1S/C24H35NO4/c1-6-20(26)16-28-22-11-7-18(8-12-22)24(2,3)19-9-13-23(14-10-19)29-17-21(27)15-25(4)5/h7-14,20-21,26-27H,6,15-17H2,1-5H3. The maximum atomic E-state index is 9.93. The first kappa shape index (κ1) is 23.2. The summed E-state index contributed by atoms with van der Waals surface area (Å²) in [5, 5.41) is 19.6. The van der Waals surface area contributed by atoms with Crippen LogP contribution < -0.4 is 9.47 Å². The normalized spacial score (nSPS) is 13.9. The third-order valence-electron chi connectivity index (χ3n) is 5.08. The van der Waals surface area contributed by atoms with Crippen molar-refractivity contribution in [3.05, 3.63) is 59.7 Å². The van der Waals surface area contributed by atoms with Gasteiger partial charge in [-0.3, -0.25) is 0 Å². The zero-order valence-electron chi connectivity index (χ0n) is 18.3. The number of rotatable bonds is 11. The van der Waals surface area contributed by atoms with Crippen LogP contribution in [-0.2, 0) is 5.41 Å². The maximum Gasteiger partial charge on any atom is 0.119 e. The zero-order valence-corrected chi connectivity index (χ0v) is 18.3. The van der Waals surface area contributed by atoms with Gasteiger partial charge in [-0.15, -0.1) is 0 Å². The second kappa shape index (κ2) is 10.6. The topological polar surface area (TPSA) is 62.2 Å². The SMILES string of the molecule is CCC(O)COc1ccc(C(C)(C)c2ccc(OCC(O)CN(C)C)cc2)cc1. The molecule has 0 radical (unpaired) electrons. The highest BCUT2D eigenvalue weighted by Crippen LogP contribution is 2.33. The molecule has 2 aromatic carbocycles. The minimum atomic E-state index is -0.514. The van der Waals surface area contributed by atoms with E-state index in [1.54, 1.807) is 0 Å². The molecule has 0 bridgehead atoms.